The zero-order chi connectivity index (χ0) is 24.3. The summed E-state index contributed by atoms with van der Waals surface area (Å²) in [4.78, 5) is 24.8. The minimum atomic E-state index is -3.90. The highest BCUT2D eigenvalue weighted by atomic mass is 32.2. The molecule has 0 radical (unpaired) electrons. The van der Waals surface area contributed by atoms with Crippen molar-refractivity contribution in [1.29, 1.82) is 0 Å². The number of fused-ring (bicyclic) bond motifs is 1. The Balaban J connectivity index is 1.58. The molecule has 0 saturated heterocycles. The smallest absolute Gasteiger partial charge is 0.339 e. The zero-order valence-electron chi connectivity index (χ0n) is 18.7. The Labute approximate surface area is 198 Å². The lowest BCUT2D eigenvalue weighted by Crippen LogP contribution is -2.30. The highest BCUT2D eigenvalue weighted by Gasteiger charge is 2.32. The minimum absolute atomic E-state index is 0.00643. The van der Waals surface area contributed by atoms with Crippen LogP contribution >= 0.6 is 0 Å². The molecule has 1 amide bonds. The molecular weight excluding hydrogens is 456 g/mol. The van der Waals surface area contributed by atoms with Gasteiger partial charge in [-0.05, 0) is 43.3 Å². The first-order chi connectivity index (χ1) is 16.3. The van der Waals surface area contributed by atoms with E-state index in [1.165, 1.54) is 29.6 Å². The van der Waals surface area contributed by atoms with Crippen molar-refractivity contribution in [1.82, 2.24) is 0 Å². The number of nitrogens with one attached hydrogen (secondary N) is 1. The maximum absolute atomic E-state index is 13.4. The minimum Gasteiger partial charge on any atom is -0.495 e. The third kappa shape index (κ3) is 4.47. The molecule has 0 aromatic heterocycles. The van der Waals surface area contributed by atoms with Crippen LogP contribution in [0.3, 0.4) is 0 Å². The van der Waals surface area contributed by atoms with E-state index in [-0.39, 0.29) is 23.5 Å². The number of carbonyl (C=O) groups excluding carboxylic acids is 2. The third-order valence-corrected chi connectivity index (χ3v) is 7.41. The van der Waals surface area contributed by atoms with Crippen LogP contribution in [0.15, 0.2) is 77.7 Å². The third-order valence-electron chi connectivity index (χ3n) is 5.51. The average molecular weight is 481 g/mol. The number of hydrogen-bond acceptors (Lipinski definition) is 6. The number of para-hydroxylation sites is 1. The van der Waals surface area contributed by atoms with Gasteiger partial charge in [-0.1, -0.05) is 36.4 Å². The van der Waals surface area contributed by atoms with Gasteiger partial charge in [0.05, 0.1) is 35.4 Å². The van der Waals surface area contributed by atoms with E-state index >= 15 is 0 Å². The second kappa shape index (κ2) is 9.56. The normalized spacial score (nSPS) is 14.8. The SMILES string of the molecule is CCN(c1ccccc1)S(=O)(=O)c1ccc(OC)c(NC(=O)C[C@H]2OC(=O)c3ccccc32)c1. The van der Waals surface area contributed by atoms with Gasteiger partial charge in [-0.2, -0.15) is 0 Å². The summed E-state index contributed by atoms with van der Waals surface area (Å²) in [5.74, 6) is -0.615. The first-order valence-electron chi connectivity index (χ1n) is 10.7. The molecular formula is C25H24N2O6S. The predicted octanol–water partition coefficient (Wildman–Crippen LogP) is 4.15. The maximum Gasteiger partial charge on any atom is 0.339 e. The van der Waals surface area contributed by atoms with E-state index in [4.69, 9.17) is 9.47 Å². The number of sulfonamides is 1. The topological polar surface area (TPSA) is 102 Å². The molecule has 8 nitrogen and oxygen atoms in total. The second-order valence-corrected chi connectivity index (χ2v) is 9.46. The number of amides is 1. The molecule has 1 heterocycles. The molecule has 1 N–H and O–H groups in total. The molecule has 1 aliphatic rings. The molecule has 3 aromatic rings. The molecule has 0 fully saturated rings. The van der Waals surface area contributed by atoms with Gasteiger partial charge in [-0.25, -0.2) is 13.2 Å². The van der Waals surface area contributed by atoms with E-state index in [2.05, 4.69) is 5.32 Å². The highest BCUT2D eigenvalue weighted by molar-refractivity contribution is 7.92. The van der Waals surface area contributed by atoms with Gasteiger partial charge in [0.25, 0.3) is 10.0 Å². The van der Waals surface area contributed by atoms with E-state index in [1.54, 1.807) is 55.5 Å². The fourth-order valence-corrected chi connectivity index (χ4v) is 5.40. The Morgan fingerprint density at radius 2 is 1.76 bits per heavy atom. The Bertz CT molecular complexity index is 1320. The summed E-state index contributed by atoms with van der Waals surface area (Å²) in [7, 11) is -2.47. The first kappa shape index (κ1) is 23.3. The molecule has 4 rings (SSSR count). The van der Waals surface area contributed by atoms with E-state index in [1.807, 2.05) is 6.07 Å². The van der Waals surface area contributed by atoms with Crippen molar-refractivity contribution in [3.8, 4) is 5.75 Å². The van der Waals surface area contributed by atoms with Crippen LogP contribution in [0.1, 0.15) is 35.4 Å². The fraction of sp³-hybridized carbons (Fsp3) is 0.200. The summed E-state index contributed by atoms with van der Waals surface area (Å²) in [6.45, 7) is 1.98. The van der Waals surface area contributed by atoms with Gasteiger partial charge in [-0.3, -0.25) is 9.10 Å². The van der Waals surface area contributed by atoms with Gasteiger partial charge in [-0.15, -0.1) is 0 Å². The van der Waals surface area contributed by atoms with Crippen molar-refractivity contribution < 1.29 is 27.5 Å². The van der Waals surface area contributed by atoms with Crippen molar-refractivity contribution in [3.05, 3.63) is 83.9 Å². The second-order valence-electron chi connectivity index (χ2n) is 7.60. The van der Waals surface area contributed by atoms with Crippen molar-refractivity contribution in [3.63, 3.8) is 0 Å². The van der Waals surface area contributed by atoms with Gasteiger partial charge in [0.1, 0.15) is 11.9 Å². The van der Waals surface area contributed by atoms with Gasteiger partial charge < -0.3 is 14.8 Å². The molecule has 0 aliphatic carbocycles. The maximum atomic E-state index is 13.4. The molecule has 0 unspecified atom stereocenters. The summed E-state index contributed by atoms with van der Waals surface area (Å²) in [5, 5.41) is 2.70. The summed E-state index contributed by atoms with van der Waals surface area (Å²) in [6.07, 6.45) is -0.830. The predicted molar refractivity (Wildman–Crippen MR) is 127 cm³/mol. The van der Waals surface area contributed by atoms with Crippen LogP contribution < -0.4 is 14.4 Å². The molecule has 9 heteroatoms. The van der Waals surface area contributed by atoms with Crippen LogP contribution in [0.25, 0.3) is 0 Å². The summed E-state index contributed by atoms with van der Waals surface area (Å²) < 4.78 is 38.7. The number of benzene rings is 3. The van der Waals surface area contributed by atoms with Crippen molar-refractivity contribution in [2.45, 2.75) is 24.3 Å². The highest BCUT2D eigenvalue weighted by Crippen LogP contribution is 2.34. The van der Waals surface area contributed by atoms with E-state index in [0.717, 1.165) is 0 Å². The molecule has 34 heavy (non-hydrogen) atoms. The van der Waals surface area contributed by atoms with E-state index in [9.17, 15) is 18.0 Å². The number of ether oxygens (including phenoxy) is 2. The summed E-state index contributed by atoms with van der Waals surface area (Å²) in [6, 6.07) is 20.0. The quantitative estimate of drug-likeness (QED) is 0.486. The number of carbonyl (C=O) groups is 2. The van der Waals surface area contributed by atoms with Crippen LogP contribution in [0.4, 0.5) is 11.4 Å². The number of cyclic esters (lactones) is 1. The molecule has 0 saturated carbocycles. The van der Waals surface area contributed by atoms with Gasteiger partial charge >= 0.3 is 5.97 Å². The zero-order valence-corrected chi connectivity index (χ0v) is 19.5. The lowest BCUT2D eigenvalue weighted by molar-refractivity contribution is -0.118. The summed E-state index contributed by atoms with van der Waals surface area (Å²) in [5.41, 5.74) is 1.82. The van der Waals surface area contributed by atoms with Gasteiger partial charge in [0, 0.05) is 12.1 Å². The van der Waals surface area contributed by atoms with Crippen LogP contribution in [0.5, 0.6) is 5.75 Å². The Morgan fingerprint density at radius 3 is 2.47 bits per heavy atom. The number of nitrogens with zero attached hydrogens (tertiary/aromatic N) is 1. The average Bonchev–Trinajstić information content (AvgIpc) is 3.15. The molecule has 176 valence electrons. The molecule has 0 spiro atoms. The number of rotatable bonds is 8. The van der Waals surface area contributed by atoms with Crippen LogP contribution in [0, 0.1) is 0 Å². The molecule has 1 aliphatic heterocycles. The lowest BCUT2D eigenvalue weighted by atomic mass is 10.0. The van der Waals surface area contributed by atoms with Gasteiger partial charge in [0.15, 0.2) is 0 Å². The van der Waals surface area contributed by atoms with Crippen molar-refractivity contribution in [2.75, 3.05) is 23.3 Å². The first-order valence-corrected chi connectivity index (χ1v) is 12.1. The number of esters is 1. The Hall–Kier alpha value is -3.85. The number of hydrogen-bond donors (Lipinski definition) is 1. The van der Waals surface area contributed by atoms with Crippen LogP contribution in [-0.4, -0.2) is 33.9 Å². The Morgan fingerprint density at radius 1 is 1.06 bits per heavy atom. The summed E-state index contributed by atoms with van der Waals surface area (Å²) >= 11 is 0. The van der Waals surface area contributed by atoms with Crippen molar-refractivity contribution in [2.24, 2.45) is 0 Å². The van der Waals surface area contributed by atoms with Crippen molar-refractivity contribution >= 4 is 33.3 Å². The van der Waals surface area contributed by atoms with E-state index in [0.29, 0.717) is 22.6 Å². The number of methoxy groups -OCH3 is 1. The number of anilines is 2. The molecule has 3 aromatic carbocycles. The fourth-order valence-electron chi connectivity index (χ4n) is 3.90. The van der Waals surface area contributed by atoms with Crippen LogP contribution in [-0.2, 0) is 19.6 Å². The van der Waals surface area contributed by atoms with Crippen LogP contribution in [0.2, 0.25) is 0 Å². The van der Waals surface area contributed by atoms with Gasteiger partial charge in [0.2, 0.25) is 5.91 Å². The molecule has 0 bridgehead atoms. The van der Waals surface area contributed by atoms with E-state index < -0.39 is 28.0 Å². The molecule has 1 atom stereocenters. The largest absolute Gasteiger partial charge is 0.495 e. The Kier molecular flexibility index (Phi) is 6.56. The standard InChI is InChI=1S/C25H24N2O6S/c1-3-27(17-9-5-4-6-10-17)34(30,31)18-13-14-22(32-2)21(15-18)26-24(28)16-23-19-11-7-8-12-20(19)25(29)33-23/h4-15,23H,3,16H2,1-2H3,(H,26,28)/t23-/m1/s1. The lowest BCUT2D eigenvalue weighted by Gasteiger charge is -2.23. The monoisotopic (exact) mass is 480 g/mol.